The van der Waals surface area contributed by atoms with Gasteiger partial charge in [0.15, 0.2) is 5.96 Å². The normalized spacial score (nSPS) is 16.7. The van der Waals surface area contributed by atoms with Gasteiger partial charge in [0.1, 0.15) is 0 Å². The lowest BCUT2D eigenvalue weighted by Crippen LogP contribution is -2.46. The molecule has 1 unspecified atom stereocenters. The summed E-state index contributed by atoms with van der Waals surface area (Å²) in [6.45, 7) is 14.4. The van der Waals surface area contributed by atoms with E-state index in [-0.39, 0.29) is 24.0 Å². The molecule has 0 aromatic heterocycles. The molecule has 0 aliphatic heterocycles. The first-order chi connectivity index (χ1) is 10.9. The smallest absolute Gasteiger partial charge is 0.191 e. The Labute approximate surface area is 167 Å². The minimum absolute atomic E-state index is 0. The Morgan fingerprint density at radius 1 is 1.08 bits per heavy atom. The number of rotatable bonds is 10. The van der Waals surface area contributed by atoms with Gasteiger partial charge in [-0.2, -0.15) is 0 Å². The number of halogens is 1. The summed E-state index contributed by atoms with van der Waals surface area (Å²) in [7, 11) is 4.08. The van der Waals surface area contributed by atoms with Crippen LogP contribution in [0.15, 0.2) is 4.99 Å². The van der Waals surface area contributed by atoms with E-state index in [9.17, 15) is 0 Å². The zero-order valence-electron chi connectivity index (χ0n) is 16.8. The highest BCUT2D eigenvalue weighted by atomic mass is 127. The van der Waals surface area contributed by atoms with Gasteiger partial charge >= 0.3 is 0 Å². The van der Waals surface area contributed by atoms with Crippen molar-refractivity contribution < 1.29 is 0 Å². The molecular weight excluding hydrogens is 413 g/mol. The van der Waals surface area contributed by atoms with Crippen molar-refractivity contribution in [2.45, 2.75) is 78.0 Å². The molecule has 6 heteroatoms. The van der Waals surface area contributed by atoms with E-state index in [0.717, 1.165) is 38.1 Å². The predicted molar refractivity (Wildman–Crippen MR) is 117 cm³/mol. The Balaban J connectivity index is 0.00000529. The van der Waals surface area contributed by atoms with E-state index in [1.165, 1.54) is 12.8 Å². The van der Waals surface area contributed by atoms with Crippen molar-refractivity contribution in [2.75, 3.05) is 33.7 Å². The number of nitrogens with one attached hydrogen (secondary N) is 2. The van der Waals surface area contributed by atoms with Crippen LogP contribution in [-0.4, -0.2) is 73.7 Å². The highest BCUT2D eigenvalue weighted by molar-refractivity contribution is 14.0. The molecule has 1 rings (SSSR count). The first-order valence-corrected chi connectivity index (χ1v) is 9.29. The molecule has 2 N–H and O–H groups in total. The average molecular weight is 453 g/mol. The summed E-state index contributed by atoms with van der Waals surface area (Å²) in [6, 6.07) is 2.55. The van der Waals surface area contributed by atoms with Crippen LogP contribution in [0.25, 0.3) is 0 Å². The number of hydrogen-bond donors (Lipinski definition) is 2. The molecule has 24 heavy (non-hydrogen) atoms. The van der Waals surface area contributed by atoms with E-state index in [1.54, 1.807) is 0 Å². The molecule has 0 spiro atoms. The quantitative estimate of drug-likeness (QED) is 0.231. The molecule has 0 aromatic rings. The van der Waals surface area contributed by atoms with Crippen LogP contribution in [0.3, 0.4) is 0 Å². The van der Waals surface area contributed by atoms with E-state index >= 15 is 0 Å². The number of aliphatic imine (C=N–C) groups is 1. The molecule has 1 saturated carbocycles. The largest absolute Gasteiger partial charge is 0.356 e. The predicted octanol–water partition coefficient (Wildman–Crippen LogP) is 2.76. The zero-order chi connectivity index (χ0) is 17.4. The van der Waals surface area contributed by atoms with Crippen molar-refractivity contribution in [2.24, 2.45) is 4.99 Å². The van der Waals surface area contributed by atoms with E-state index < -0.39 is 0 Å². The standard InChI is InChI=1S/C18H39N5.HI/c1-14(2)23(15(3)4)12-8-11-20-18(19-6)21-13-16(5)22(7)17-9-10-17;/h14-17H,8-13H2,1-7H3,(H2,19,20,21);1H. The molecule has 1 atom stereocenters. The molecule has 144 valence electrons. The van der Waals surface area contributed by atoms with Crippen molar-refractivity contribution in [3.8, 4) is 0 Å². The fraction of sp³-hybridized carbons (Fsp3) is 0.944. The minimum Gasteiger partial charge on any atom is -0.356 e. The average Bonchev–Trinajstić information content (AvgIpc) is 3.32. The molecule has 0 radical (unpaired) electrons. The zero-order valence-corrected chi connectivity index (χ0v) is 19.1. The van der Waals surface area contributed by atoms with Gasteiger partial charge < -0.3 is 10.6 Å². The summed E-state index contributed by atoms with van der Waals surface area (Å²) in [6.07, 6.45) is 3.85. The summed E-state index contributed by atoms with van der Waals surface area (Å²) >= 11 is 0. The summed E-state index contributed by atoms with van der Waals surface area (Å²) in [5, 5.41) is 6.89. The highest BCUT2D eigenvalue weighted by Crippen LogP contribution is 2.26. The molecule has 0 heterocycles. The van der Waals surface area contributed by atoms with Crippen LogP contribution >= 0.6 is 24.0 Å². The van der Waals surface area contributed by atoms with Crippen LogP contribution < -0.4 is 10.6 Å². The number of guanidine groups is 1. The van der Waals surface area contributed by atoms with Crippen molar-refractivity contribution in [3.63, 3.8) is 0 Å². The van der Waals surface area contributed by atoms with Gasteiger partial charge in [0.2, 0.25) is 0 Å². The van der Waals surface area contributed by atoms with Gasteiger partial charge in [-0.25, -0.2) is 0 Å². The van der Waals surface area contributed by atoms with Crippen LogP contribution in [0.2, 0.25) is 0 Å². The molecule has 1 aliphatic carbocycles. The van der Waals surface area contributed by atoms with Gasteiger partial charge in [-0.05, 0) is 60.9 Å². The van der Waals surface area contributed by atoms with Gasteiger partial charge in [-0.1, -0.05) is 0 Å². The topological polar surface area (TPSA) is 42.9 Å². The maximum absolute atomic E-state index is 4.33. The monoisotopic (exact) mass is 453 g/mol. The first kappa shape index (κ1) is 23.9. The van der Waals surface area contributed by atoms with E-state index in [4.69, 9.17) is 0 Å². The van der Waals surface area contributed by atoms with Crippen LogP contribution in [0, 0.1) is 0 Å². The molecule has 0 saturated heterocycles. The lowest BCUT2D eigenvalue weighted by atomic mass is 10.2. The van der Waals surface area contributed by atoms with Crippen LogP contribution in [0.1, 0.15) is 53.9 Å². The van der Waals surface area contributed by atoms with Gasteiger partial charge in [0, 0.05) is 50.8 Å². The highest BCUT2D eigenvalue weighted by Gasteiger charge is 2.28. The van der Waals surface area contributed by atoms with Gasteiger partial charge in [0.25, 0.3) is 0 Å². The van der Waals surface area contributed by atoms with Gasteiger partial charge in [-0.3, -0.25) is 14.8 Å². The van der Waals surface area contributed by atoms with Crippen molar-refractivity contribution in [1.82, 2.24) is 20.4 Å². The summed E-state index contributed by atoms with van der Waals surface area (Å²) < 4.78 is 0. The third-order valence-electron chi connectivity index (χ3n) is 4.82. The fourth-order valence-electron chi connectivity index (χ4n) is 3.03. The third kappa shape index (κ3) is 8.85. The SMILES string of the molecule is CN=C(NCCCN(C(C)C)C(C)C)NCC(C)N(C)C1CC1.I. The second kappa shape index (κ2) is 12.3. The summed E-state index contributed by atoms with van der Waals surface area (Å²) in [5.41, 5.74) is 0. The number of nitrogens with zero attached hydrogens (tertiary/aromatic N) is 3. The van der Waals surface area contributed by atoms with Crippen LogP contribution in [-0.2, 0) is 0 Å². The van der Waals surface area contributed by atoms with E-state index in [2.05, 4.69) is 67.1 Å². The molecule has 0 aromatic carbocycles. The van der Waals surface area contributed by atoms with Crippen LogP contribution in [0.5, 0.6) is 0 Å². The number of hydrogen-bond acceptors (Lipinski definition) is 3. The molecule has 0 amide bonds. The second-order valence-electron chi connectivity index (χ2n) is 7.40. The van der Waals surface area contributed by atoms with Gasteiger partial charge in [0.05, 0.1) is 0 Å². The second-order valence-corrected chi connectivity index (χ2v) is 7.40. The molecule has 1 fully saturated rings. The van der Waals surface area contributed by atoms with Gasteiger partial charge in [-0.15, -0.1) is 24.0 Å². The minimum atomic E-state index is 0. The van der Waals surface area contributed by atoms with Crippen molar-refractivity contribution in [1.29, 1.82) is 0 Å². The molecular formula is C18H40IN5. The first-order valence-electron chi connectivity index (χ1n) is 9.29. The lowest BCUT2D eigenvalue weighted by Gasteiger charge is -2.30. The number of likely N-dealkylation sites (N-methyl/N-ethyl adjacent to an activating group) is 1. The maximum atomic E-state index is 4.33. The Bertz CT molecular complexity index is 347. The molecule has 5 nitrogen and oxygen atoms in total. The Kier molecular flexibility index (Phi) is 12.3. The Morgan fingerprint density at radius 2 is 1.67 bits per heavy atom. The lowest BCUT2D eigenvalue weighted by molar-refractivity contribution is 0.173. The van der Waals surface area contributed by atoms with Crippen LogP contribution in [0.4, 0.5) is 0 Å². The van der Waals surface area contributed by atoms with Crippen molar-refractivity contribution >= 4 is 29.9 Å². The van der Waals surface area contributed by atoms with E-state index in [1.807, 2.05) is 7.05 Å². The summed E-state index contributed by atoms with van der Waals surface area (Å²) in [5.74, 6) is 0.918. The Morgan fingerprint density at radius 3 is 2.12 bits per heavy atom. The molecule has 1 aliphatic rings. The summed E-state index contributed by atoms with van der Waals surface area (Å²) in [4.78, 5) is 9.34. The maximum Gasteiger partial charge on any atom is 0.191 e. The van der Waals surface area contributed by atoms with E-state index in [0.29, 0.717) is 18.1 Å². The van der Waals surface area contributed by atoms with Crippen molar-refractivity contribution in [3.05, 3.63) is 0 Å². The molecule has 0 bridgehead atoms. The fourth-order valence-corrected chi connectivity index (χ4v) is 3.03. The Hall–Kier alpha value is -0.0800. The third-order valence-corrected chi connectivity index (χ3v) is 4.82.